The van der Waals surface area contributed by atoms with E-state index in [9.17, 15) is 0 Å². The Morgan fingerprint density at radius 2 is 2.46 bits per heavy atom. The van der Waals surface area contributed by atoms with Gasteiger partial charge >= 0.3 is 0 Å². The third-order valence-corrected chi connectivity index (χ3v) is 2.71. The first-order valence-corrected chi connectivity index (χ1v) is 5.15. The fraction of sp³-hybridized carbons (Fsp3) is 0.286. The molecule has 0 N–H and O–H groups in total. The van der Waals surface area contributed by atoms with Gasteiger partial charge in [0.25, 0.3) is 0 Å². The van der Waals surface area contributed by atoms with Gasteiger partial charge in [0.05, 0.1) is 12.4 Å². The Morgan fingerprint density at radius 1 is 1.54 bits per heavy atom. The van der Waals surface area contributed by atoms with Gasteiger partial charge in [-0.15, -0.1) is 28.0 Å². The second-order valence-electron chi connectivity index (χ2n) is 2.47. The van der Waals surface area contributed by atoms with Crippen LogP contribution in [0.4, 0.5) is 0 Å². The van der Waals surface area contributed by atoms with Crippen LogP contribution in [0.3, 0.4) is 0 Å². The number of hydrogen-bond donors (Lipinski definition) is 0. The van der Waals surface area contributed by atoms with E-state index in [1.165, 1.54) is 4.88 Å². The number of hydrogen-bond acceptors (Lipinski definition) is 4. The van der Waals surface area contributed by atoms with Gasteiger partial charge in [0.1, 0.15) is 0 Å². The molecule has 0 amide bonds. The highest BCUT2D eigenvalue weighted by molar-refractivity contribution is 7.09. The first-order valence-electron chi connectivity index (χ1n) is 3.73. The lowest BCUT2D eigenvalue weighted by molar-refractivity contribution is 0.636. The van der Waals surface area contributed by atoms with Gasteiger partial charge in [-0.25, -0.2) is 4.68 Å². The molecule has 2 heterocycles. The molecule has 2 rings (SSSR count). The molecule has 0 unspecified atom stereocenters. The van der Waals surface area contributed by atoms with Crippen molar-refractivity contribution in [1.82, 2.24) is 20.2 Å². The molecule has 0 saturated carbocycles. The van der Waals surface area contributed by atoms with Gasteiger partial charge in [0, 0.05) is 4.88 Å². The van der Waals surface area contributed by atoms with Gasteiger partial charge < -0.3 is 0 Å². The summed E-state index contributed by atoms with van der Waals surface area (Å²) in [4.78, 5) is 1.22. The van der Waals surface area contributed by atoms with Gasteiger partial charge in [0.2, 0.25) is 0 Å². The number of aromatic nitrogens is 4. The first-order chi connectivity index (χ1) is 6.40. The van der Waals surface area contributed by atoms with Crippen LogP contribution in [0.1, 0.15) is 10.7 Å². The van der Waals surface area contributed by atoms with Gasteiger partial charge in [-0.05, 0) is 21.9 Å². The van der Waals surface area contributed by atoms with Gasteiger partial charge in [0.15, 0.2) is 5.82 Å². The van der Waals surface area contributed by atoms with Crippen molar-refractivity contribution in [3.05, 3.63) is 28.2 Å². The normalized spacial score (nSPS) is 10.5. The number of alkyl halides is 1. The Kier molecular flexibility index (Phi) is 2.56. The highest BCUT2D eigenvalue weighted by atomic mass is 35.5. The molecule has 0 aliphatic rings. The maximum absolute atomic E-state index is 5.65. The number of nitrogens with zero attached hydrogens (tertiary/aromatic N) is 4. The molecular formula is C7H7ClN4S. The lowest BCUT2D eigenvalue weighted by Crippen LogP contribution is -2.04. The molecule has 0 atom stereocenters. The molecular weight excluding hydrogens is 208 g/mol. The summed E-state index contributed by atoms with van der Waals surface area (Å²) in [6.45, 7) is 0.701. The predicted molar refractivity (Wildman–Crippen MR) is 50.8 cm³/mol. The molecule has 0 aromatic carbocycles. The summed E-state index contributed by atoms with van der Waals surface area (Å²) in [5, 5.41) is 13.2. The Balaban J connectivity index is 2.18. The first kappa shape index (κ1) is 8.65. The molecule has 68 valence electrons. The zero-order valence-corrected chi connectivity index (χ0v) is 8.29. The van der Waals surface area contributed by atoms with E-state index < -0.39 is 0 Å². The van der Waals surface area contributed by atoms with Crippen LogP contribution in [-0.2, 0) is 12.4 Å². The second kappa shape index (κ2) is 3.85. The summed E-state index contributed by atoms with van der Waals surface area (Å²) in [5.74, 6) is 1.05. The molecule has 0 fully saturated rings. The minimum atomic E-state index is 0.346. The molecule has 0 bridgehead atoms. The Bertz CT molecular complexity index is 370. The van der Waals surface area contributed by atoms with Crippen molar-refractivity contribution < 1.29 is 0 Å². The maximum Gasteiger partial charge on any atom is 0.166 e. The van der Waals surface area contributed by atoms with Crippen LogP contribution in [0, 0.1) is 0 Å². The van der Waals surface area contributed by atoms with E-state index in [1.807, 2.05) is 17.5 Å². The van der Waals surface area contributed by atoms with E-state index in [-0.39, 0.29) is 0 Å². The van der Waals surface area contributed by atoms with Crippen molar-refractivity contribution in [3.63, 3.8) is 0 Å². The molecule has 0 saturated heterocycles. The summed E-state index contributed by atoms with van der Waals surface area (Å²) in [6.07, 6.45) is 0. The van der Waals surface area contributed by atoms with E-state index in [0.717, 1.165) is 0 Å². The fourth-order valence-corrected chi connectivity index (χ4v) is 1.87. The van der Waals surface area contributed by atoms with E-state index in [1.54, 1.807) is 16.0 Å². The SMILES string of the molecule is ClCc1nnnn1Cc1cccs1. The third-order valence-electron chi connectivity index (χ3n) is 1.61. The molecule has 0 aliphatic heterocycles. The zero-order chi connectivity index (χ0) is 9.10. The predicted octanol–water partition coefficient (Wildman–Crippen LogP) is 1.52. The topological polar surface area (TPSA) is 43.6 Å². The van der Waals surface area contributed by atoms with Crippen LogP contribution in [0.15, 0.2) is 17.5 Å². The highest BCUT2D eigenvalue weighted by Crippen LogP contribution is 2.10. The number of rotatable bonds is 3. The molecule has 0 aliphatic carbocycles. The minimum Gasteiger partial charge on any atom is -0.223 e. The van der Waals surface area contributed by atoms with Crippen molar-refractivity contribution >= 4 is 22.9 Å². The number of tetrazole rings is 1. The zero-order valence-electron chi connectivity index (χ0n) is 6.72. The van der Waals surface area contributed by atoms with Crippen LogP contribution in [0.5, 0.6) is 0 Å². The fourth-order valence-electron chi connectivity index (χ4n) is 0.992. The van der Waals surface area contributed by atoms with Gasteiger partial charge in [-0.2, -0.15) is 0 Å². The quantitative estimate of drug-likeness (QED) is 0.728. The van der Waals surface area contributed by atoms with Crippen molar-refractivity contribution in [2.45, 2.75) is 12.4 Å². The van der Waals surface area contributed by atoms with Crippen molar-refractivity contribution in [1.29, 1.82) is 0 Å². The van der Waals surface area contributed by atoms with Gasteiger partial charge in [-0.1, -0.05) is 6.07 Å². The molecule has 2 aromatic heterocycles. The third kappa shape index (κ3) is 1.87. The molecule has 13 heavy (non-hydrogen) atoms. The van der Waals surface area contributed by atoms with Crippen molar-refractivity contribution in [3.8, 4) is 0 Å². The van der Waals surface area contributed by atoms with Crippen molar-refractivity contribution in [2.24, 2.45) is 0 Å². The lowest BCUT2D eigenvalue weighted by Gasteiger charge is -1.98. The Morgan fingerprint density at radius 3 is 3.15 bits per heavy atom. The van der Waals surface area contributed by atoms with Gasteiger partial charge in [-0.3, -0.25) is 0 Å². The standard InChI is InChI=1S/C7H7ClN4S/c8-4-7-9-10-11-12(7)5-6-2-1-3-13-6/h1-3H,4-5H2. The molecule has 6 heteroatoms. The summed E-state index contributed by atoms with van der Waals surface area (Å²) in [7, 11) is 0. The van der Waals surface area contributed by atoms with E-state index >= 15 is 0 Å². The van der Waals surface area contributed by atoms with E-state index in [4.69, 9.17) is 11.6 Å². The molecule has 0 spiro atoms. The summed E-state index contributed by atoms with van der Waals surface area (Å²) in [6, 6.07) is 4.05. The largest absolute Gasteiger partial charge is 0.223 e. The average molecular weight is 215 g/mol. The Labute approximate surface area is 84.1 Å². The Hall–Kier alpha value is -0.940. The summed E-state index contributed by atoms with van der Waals surface area (Å²) >= 11 is 7.33. The van der Waals surface area contributed by atoms with Crippen LogP contribution in [0.25, 0.3) is 0 Å². The molecule has 2 aromatic rings. The molecule has 0 radical (unpaired) electrons. The van der Waals surface area contributed by atoms with Crippen LogP contribution >= 0.6 is 22.9 Å². The number of halogens is 1. The smallest absolute Gasteiger partial charge is 0.166 e. The maximum atomic E-state index is 5.65. The van der Waals surface area contributed by atoms with Crippen LogP contribution in [-0.4, -0.2) is 20.2 Å². The minimum absolute atomic E-state index is 0.346. The summed E-state index contributed by atoms with van der Waals surface area (Å²) in [5.41, 5.74) is 0. The number of thiophene rings is 1. The highest BCUT2D eigenvalue weighted by Gasteiger charge is 2.04. The van der Waals surface area contributed by atoms with E-state index in [2.05, 4.69) is 15.5 Å². The monoisotopic (exact) mass is 214 g/mol. The van der Waals surface area contributed by atoms with E-state index in [0.29, 0.717) is 18.2 Å². The molecule has 4 nitrogen and oxygen atoms in total. The average Bonchev–Trinajstić information content (AvgIpc) is 2.76. The van der Waals surface area contributed by atoms with Crippen molar-refractivity contribution in [2.75, 3.05) is 0 Å². The van der Waals surface area contributed by atoms with Crippen LogP contribution < -0.4 is 0 Å². The second-order valence-corrected chi connectivity index (χ2v) is 3.77. The summed E-state index contributed by atoms with van der Waals surface area (Å²) < 4.78 is 1.71. The lowest BCUT2D eigenvalue weighted by atomic mass is 10.4. The van der Waals surface area contributed by atoms with Crippen LogP contribution in [0.2, 0.25) is 0 Å².